The van der Waals surface area contributed by atoms with Crippen molar-refractivity contribution in [3.05, 3.63) is 0 Å². The van der Waals surface area contributed by atoms with Gasteiger partial charge in [-0.05, 0) is 18.2 Å². The lowest BCUT2D eigenvalue weighted by molar-refractivity contribution is -0.466. The van der Waals surface area contributed by atoms with Crippen LogP contribution in [0.15, 0.2) is 0 Å². The Bertz CT molecular complexity index is 221. The van der Waals surface area contributed by atoms with Gasteiger partial charge in [-0.3, -0.25) is 9.48 Å². The number of amidine groups is 1. The van der Waals surface area contributed by atoms with Crippen LogP contribution in [0, 0.1) is 0 Å². The summed E-state index contributed by atoms with van der Waals surface area (Å²) in [4.78, 5) is 2.20. The van der Waals surface area contributed by atoms with Crippen LogP contribution in [0.3, 0.4) is 0 Å². The van der Waals surface area contributed by atoms with Gasteiger partial charge in [-0.2, -0.15) is 0 Å². The molecule has 0 rings (SSSR count). The Labute approximate surface area is 119 Å². The lowest BCUT2D eigenvalue weighted by atomic mass is 10.1. The molecule has 18 heavy (non-hydrogen) atoms. The molecule has 0 saturated carbocycles. The molecule has 0 saturated heterocycles. The zero-order chi connectivity index (χ0) is 13.8. The van der Waals surface area contributed by atoms with Gasteiger partial charge >= 0.3 is 5.17 Å². The van der Waals surface area contributed by atoms with Crippen molar-refractivity contribution in [1.29, 1.82) is 0 Å². The number of unbranched alkanes of at least 4 members (excludes halogenated alkanes) is 7. The Balaban J connectivity index is 3.42. The highest BCUT2D eigenvalue weighted by Crippen LogP contribution is 2.12. The van der Waals surface area contributed by atoms with Crippen LogP contribution in [0.25, 0.3) is 0 Å². The van der Waals surface area contributed by atoms with Gasteiger partial charge in [-0.15, -0.1) is 0 Å². The molecular weight excluding hydrogens is 240 g/mol. The predicted molar refractivity (Wildman–Crippen MR) is 85.9 cm³/mol. The van der Waals surface area contributed by atoms with Crippen molar-refractivity contribution < 1.29 is 4.58 Å². The smallest absolute Gasteiger partial charge is 0.262 e. The maximum Gasteiger partial charge on any atom is 0.307 e. The van der Waals surface area contributed by atoms with Crippen molar-refractivity contribution in [2.24, 2.45) is 0 Å². The maximum absolute atomic E-state index is 2.28. The van der Waals surface area contributed by atoms with E-state index in [9.17, 15) is 0 Å². The minimum atomic E-state index is 1.25. The number of thioether (sulfide) groups is 1. The first-order valence-corrected chi connectivity index (χ1v) is 8.42. The molecule has 0 atom stereocenters. The lowest BCUT2D eigenvalue weighted by Gasteiger charge is -2.10. The van der Waals surface area contributed by atoms with Gasteiger partial charge in [-0.1, -0.05) is 51.9 Å². The molecule has 0 spiro atoms. The van der Waals surface area contributed by atoms with Crippen molar-refractivity contribution in [2.75, 3.05) is 33.9 Å². The van der Waals surface area contributed by atoms with Gasteiger partial charge in [-0.25, -0.2) is 0 Å². The first-order valence-electron chi connectivity index (χ1n) is 7.44. The van der Waals surface area contributed by atoms with Crippen LogP contribution in [-0.4, -0.2) is 48.6 Å². The van der Waals surface area contributed by atoms with E-state index >= 15 is 0 Å². The van der Waals surface area contributed by atoms with Crippen molar-refractivity contribution in [3.63, 3.8) is 0 Å². The Morgan fingerprint density at radius 1 is 0.889 bits per heavy atom. The summed E-state index contributed by atoms with van der Waals surface area (Å²) in [7, 11) is 8.48. The van der Waals surface area contributed by atoms with Crippen LogP contribution in [0.2, 0.25) is 0 Å². The van der Waals surface area contributed by atoms with E-state index in [0.29, 0.717) is 0 Å². The molecule has 3 heteroatoms. The highest BCUT2D eigenvalue weighted by molar-refractivity contribution is 8.13. The monoisotopic (exact) mass is 273 g/mol. The van der Waals surface area contributed by atoms with Crippen LogP contribution >= 0.6 is 11.8 Å². The summed E-state index contributed by atoms with van der Waals surface area (Å²) in [5.41, 5.74) is 0. The predicted octanol–water partition coefficient (Wildman–Crippen LogP) is 4.05. The number of rotatable bonds is 9. The fourth-order valence-electron chi connectivity index (χ4n) is 2.06. The molecule has 0 aliphatic carbocycles. The average Bonchev–Trinajstić information content (AvgIpc) is 2.30. The normalized spacial score (nSPS) is 10.5. The molecule has 0 heterocycles. The molecule has 108 valence electrons. The molecule has 0 aromatic heterocycles. The lowest BCUT2D eigenvalue weighted by Crippen LogP contribution is -2.26. The van der Waals surface area contributed by atoms with E-state index in [1.807, 2.05) is 11.8 Å². The SMILES string of the molecule is CCCCCCCCCCSC(N(C)C)=[N+](C)C. The summed E-state index contributed by atoms with van der Waals surface area (Å²) in [6.07, 6.45) is 11.2. The van der Waals surface area contributed by atoms with Gasteiger partial charge in [0, 0.05) is 5.75 Å². The Kier molecular flexibility index (Phi) is 11.8. The minimum Gasteiger partial charge on any atom is -0.262 e. The molecule has 0 aliphatic rings. The Morgan fingerprint density at radius 2 is 1.39 bits per heavy atom. The number of hydrogen-bond acceptors (Lipinski definition) is 1. The zero-order valence-electron chi connectivity index (χ0n) is 13.2. The second-order valence-electron chi connectivity index (χ2n) is 5.39. The van der Waals surface area contributed by atoms with Crippen LogP contribution in [0.4, 0.5) is 0 Å². The van der Waals surface area contributed by atoms with E-state index in [1.54, 1.807) is 0 Å². The molecule has 0 bridgehead atoms. The van der Waals surface area contributed by atoms with Crippen molar-refractivity contribution in [2.45, 2.75) is 58.3 Å². The minimum absolute atomic E-state index is 1.25. The first kappa shape index (κ1) is 17.8. The molecule has 2 nitrogen and oxygen atoms in total. The van der Waals surface area contributed by atoms with E-state index in [4.69, 9.17) is 0 Å². The van der Waals surface area contributed by atoms with Gasteiger partial charge in [0.05, 0.1) is 28.2 Å². The highest BCUT2D eigenvalue weighted by atomic mass is 32.2. The van der Waals surface area contributed by atoms with Crippen molar-refractivity contribution in [3.8, 4) is 0 Å². The summed E-state index contributed by atoms with van der Waals surface area (Å²) in [6, 6.07) is 0. The summed E-state index contributed by atoms with van der Waals surface area (Å²) < 4.78 is 2.20. The summed E-state index contributed by atoms with van der Waals surface area (Å²) in [5.74, 6) is 1.25. The van der Waals surface area contributed by atoms with Crippen LogP contribution in [0.1, 0.15) is 58.3 Å². The second kappa shape index (κ2) is 11.9. The van der Waals surface area contributed by atoms with Crippen LogP contribution < -0.4 is 0 Å². The van der Waals surface area contributed by atoms with Gasteiger partial charge in [0.1, 0.15) is 0 Å². The third-order valence-electron chi connectivity index (χ3n) is 2.99. The molecule has 0 radical (unpaired) electrons. The highest BCUT2D eigenvalue weighted by Gasteiger charge is 2.11. The fourth-order valence-corrected chi connectivity index (χ4v) is 3.11. The van der Waals surface area contributed by atoms with Crippen LogP contribution in [0.5, 0.6) is 0 Å². The third kappa shape index (κ3) is 9.81. The molecule has 0 aromatic carbocycles. The van der Waals surface area contributed by atoms with Gasteiger partial charge in [0.15, 0.2) is 0 Å². The topological polar surface area (TPSA) is 6.25 Å². The molecule has 0 aromatic rings. The quantitative estimate of drug-likeness (QED) is 0.271. The average molecular weight is 274 g/mol. The van der Waals surface area contributed by atoms with Crippen molar-refractivity contribution >= 4 is 16.9 Å². The fraction of sp³-hybridized carbons (Fsp3) is 0.933. The van der Waals surface area contributed by atoms with Gasteiger partial charge in [0.25, 0.3) is 0 Å². The Morgan fingerprint density at radius 3 is 1.83 bits per heavy atom. The first-order chi connectivity index (χ1) is 8.59. The molecule has 0 aliphatic heterocycles. The van der Waals surface area contributed by atoms with E-state index in [-0.39, 0.29) is 0 Å². The van der Waals surface area contributed by atoms with Gasteiger partial charge in [0.2, 0.25) is 0 Å². The largest absolute Gasteiger partial charge is 0.307 e. The number of nitrogens with zero attached hydrogens (tertiary/aromatic N) is 2. The summed E-state index contributed by atoms with van der Waals surface area (Å²) in [5, 5.41) is 1.36. The Hall–Kier alpha value is -0.180. The molecular formula is C15H33N2S+. The van der Waals surface area contributed by atoms with Gasteiger partial charge < -0.3 is 0 Å². The number of hydrogen-bond donors (Lipinski definition) is 0. The summed E-state index contributed by atoms with van der Waals surface area (Å²) in [6.45, 7) is 2.28. The zero-order valence-corrected chi connectivity index (χ0v) is 14.0. The van der Waals surface area contributed by atoms with E-state index in [2.05, 4.69) is 44.6 Å². The third-order valence-corrected chi connectivity index (χ3v) is 4.48. The maximum atomic E-state index is 2.28. The standard InChI is InChI=1S/C15H33N2S/c1-6-7-8-9-10-11-12-13-14-18-15(16(2)3)17(4)5/h6-14H2,1-5H3/q+1. The van der Waals surface area contributed by atoms with E-state index < -0.39 is 0 Å². The molecule has 0 fully saturated rings. The van der Waals surface area contributed by atoms with E-state index in [0.717, 1.165) is 0 Å². The summed E-state index contributed by atoms with van der Waals surface area (Å²) >= 11 is 1.98. The second-order valence-corrected chi connectivity index (χ2v) is 6.46. The van der Waals surface area contributed by atoms with E-state index in [1.165, 1.54) is 62.3 Å². The molecule has 0 N–H and O–H groups in total. The van der Waals surface area contributed by atoms with Crippen LogP contribution in [-0.2, 0) is 0 Å². The molecule has 0 amide bonds. The molecule has 0 unspecified atom stereocenters. The van der Waals surface area contributed by atoms with Crippen molar-refractivity contribution in [1.82, 2.24) is 4.90 Å².